The maximum Gasteiger partial charge on any atom is 0.0912 e. The molecule has 0 N–H and O–H groups in total. The fourth-order valence-electron chi connectivity index (χ4n) is 4.56. The van der Waals surface area contributed by atoms with E-state index in [1.807, 2.05) is 18.2 Å². The zero-order valence-corrected chi connectivity index (χ0v) is 16.2. The lowest BCUT2D eigenvalue weighted by molar-refractivity contribution is -0.0101. The first-order valence-electron chi connectivity index (χ1n) is 10.6. The standard InChI is InChI=1S/C23H37NO/c1-2-8-20-10-12-22(13-11-20)19-25-23-16-14-21(15-17-23)9-6-4-3-5-7-18-24/h3-5,7,20-23H,2,6,8-17,19H2,1H3. The fraction of sp³-hybridized carbons (Fsp3) is 0.783. The Kier molecular flexibility index (Phi) is 9.97. The molecule has 0 aromatic carbocycles. The second-order valence-corrected chi connectivity index (χ2v) is 8.15. The quantitative estimate of drug-likeness (QED) is 0.350. The van der Waals surface area contributed by atoms with Crippen LogP contribution in [0, 0.1) is 29.1 Å². The smallest absolute Gasteiger partial charge is 0.0912 e. The van der Waals surface area contributed by atoms with Crippen LogP contribution in [0.5, 0.6) is 0 Å². The van der Waals surface area contributed by atoms with Gasteiger partial charge in [0.25, 0.3) is 0 Å². The molecule has 2 fully saturated rings. The number of hydrogen-bond acceptors (Lipinski definition) is 2. The Labute approximate surface area is 155 Å². The second-order valence-electron chi connectivity index (χ2n) is 8.15. The van der Waals surface area contributed by atoms with Gasteiger partial charge in [0.2, 0.25) is 0 Å². The molecule has 140 valence electrons. The summed E-state index contributed by atoms with van der Waals surface area (Å²) in [5, 5.41) is 8.43. The molecule has 0 aliphatic heterocycles. The third-order valence-corrected chi connectivity index (χ3v) is 6.18. The topological polar surface area (TPSA) is 33.0 Å². The highest BCUT2D eigenvalue weighted by Gasteiger charge is 2.24. The van der Waals surface area contributed by atoms with E-state index in [-0.39, 0.29) is 0 Å². The van der Waals surface area contributed by atoms with Crippen molar-refractivity contribution in [2.75, 3.05) is 6.61 Å². The molecular weight excluding hydrogens is 306 g/mol. The summed E-state index contributed by atoms with van der Waals surface area (Å²) in [6.45, 7) is 3.33. The lowest BCUT2D eigenvalue weighted by Gasteiger charge is -2.32. The lowest BCUT2D eigenvalue weighted by atomic mass is 9.80. The van der Waals surface area contributed by atoms with Crippen molar-refractivity contribution in [2.24, 2.45) is 17.8 Å². The van der Waals surface area contributed by atoms with Crippen LogP contribution in [-0.4, -0.2) is 12.7 Å². The first-order valence-corrected chi connectivity index (χ1v) is 10.6. The van der Waals surface area contributed by atoms with Gasteiger partial charge in [-0.15, -0.1) is 0 Å². The van der Waals surface area contributed by atoms with Gasteiger partial charge >= 0.3 is 0 Å². The van der Waals surface area contributed by atoms with E-state index in [0.29, 0.717) is 6.10 Å². The molecule has 2 aliphatic rings. The monoisotopic (exact) mass is 343 g/mol. The molecule has 2 rings (SSSR count). The summed E-state index contributed by atoms with van der Waals surface area (Å²) < 4.78 is 6.28. The highest BCUT2D eigenvalue weighted by Crippen LogP contribution is 2.33. The average Bonchev–Trinajstić information content (AvgIpc) is 2.65. The van der Waals surface area contributed by atoms with Gasteiger partial charge < -0.3 is 4.74 Å². The average molecular weight is 344 g/mol. The summed E-state index contributed by atoms with van der Waals surface area (Å²) in [4.78, 5) is 0. The lowest BCUT2D eigenvalue weighted by Crippen LogP contribution is -2.26. The van der Waals surface area contributed by atoms with E-state index in [1.165, 1.54) is 76.7 Å². The number of rotatable bonds is 9. The molecule has 0 atom stereocenters. The molecule has 2 nitrogen and oxygen atoms in total. The Morgan fingerprint density at radius 3 is 2.20 bits per heavy atom. The van der Waals surface area contributed by atoms with E-state index in [9.17, 15) is 0 Å². The minimum absolute atomic E-state index is 0.527. The van der Waals surface area contributed by atoms with Crippen LogP contribution in [0.15, 0.2) is 24.3 Å². The van der Waals surface area contributed by atoms with Crippen LogP contribution in [-0.2, 0) is 4.74 Å². The molecular formula is C23H37NO. The van der Waals surface area contributed by atoms with Crippen molar-refractivity contribution in [1.82, 2.24) is 0 Å². The molecule has 2 saturated carbocycles. The van der Waals surface area contributed by atoms with Crippen molar-refractivity contribution in [3.63, 3.8) is 0 Å². The minimum Gasteiger partial charge on any atom is -0.378 e. The molecule has 2 aliphatic carbocycles. The Bertz CT molecular complexity index is 431. The maximum atomic E-state index is 8.43. The van der Waals surface area contributed by atoms with E-state index < -0.39 is 0 Å². The molecule has 25 heavy (non-hydrogen) atoms. The molecule has 0 aromatic heterocycles. The third-order valence-electron chi connectivity index (χ3n) is 6.18. The molecule has 0 bridgehead atoms. The molecule has 0 unspecified atom stereocenters. The van der Waals surface area contributed by atoms with Gasteiger partial charge in [0, 0.05) is 12.7 Å². The van der Waals surface area contributed by atoms with Crippen molar-refractivity contribution in [3.8, 4) is 6.07 Å². The van der Waals surface area contributed by atoms with E-state index in [1.54, 1.807) is 0 Å². The minimum atomic E-state index is 0.527. The number of nitriles is 1. The summed E-state index contributed by atoms with van der Waals surface area (Å²) in [7, 11) is 0. The van der Waals surface area contributed by atoms with Gasteiger partial charge in [0.05, 0.1) is 12.2 Å². The van der Waals surface area contributed by atoms with Gasteiger partial charge in [-0.2, -0.15) is 5.26 Å². The first-order chi connectivity index (χ1) is 12.3. The van der Waals surface area contributed by atoms with Crippen LogP contribution < -0.4 is 0 Å². The maximum absolute atomic E-state index is 8.43. The highest BCUT2D eigenvalue weighted by molar-refractivity contribution is 5.11. The van der Waals surface area contributed by atoms with Crippen molar-refractivity contribution in [1.29, 1.82) is 5.26 Å². The van der Waals surface area contributed by atoms with E-state index >= 15 is 0 Å². The van der Waals surface area contributed by atoms with Crippen LogP contribution in [0.4, 0.5) is 0 Å². The molecule has 0 heterocycles. The van der Waals surface area contributed by atoms with E-state index in [2.05, 4.69) is 13.0 Å². The van der Waals surface area contributed by atoms with E-state index in [4.69, 9.17) is 10.00 Å². The molecule has 0 aromatic rings. The van der Waals surface area contributed by atoms with Gasteiger partial charge in [0.15, 0.2) is 0 Å². The zero-order chi connectivity index (χ0) is 17.7. The molecule has 0 amide bonds. The fourth-order valence-corrected chi connectivity index (χ4v) is 4.56. The van der Waals surface area contributed by atoms with E-state index in [0.717, 1.165) is 30.8 Å². The summed E-state index contributed by atoms with van der Waals surface area (Å²) in [5.41, 5.74) is 0. The number of nitrogens with zero attached hydrogens (tertiary/aromatic N) is 1. The van der Waals surface area contributed by atoms with Crippen molar-refractivity contribution < 1.29 is 4.74 Å². The van der Waals surface area contributed by atoms with Crippen LogP contribution in [0.1, 0.15) is 84.0 Å². The summed E-state index contributed by atoms with van der Waals surface area (Å²) in [6, 6.07) is 2.01. The molecule has 0 saturated heterocycles. The van der Waals surface area contributed by atoms with Crippen LogP contribution in [0.3, 0.4) is 0 Å². The molecule has 2 heteroatoms. The number of ether oxygens (including phenoxy) is 1. The zero-order valence-electron chi connectivity index (χ0n) is 16.2. The second kappa shape index (κ2) is 12.3. The molecule has 0 spiro atoms. The van der Waals surface area contributed by atoms with Gasteiger partial charge in [0.1, 0.15) is 0 Å². The van der Waals surface area contributed by atoms with Crippen LogP contribution in [0.2, 0.25) is 0 Å². The van der Waals surface area contributed by atoms with Gasteiger partial charge in [-0.25, -0.2) is 0 Å². The molecule has 0 radical (unpaired) electrons. The Morgan fingerprint density at radius 2 is 1.52 bits per heavy atom. The number of allylic oxidation sites excluding steroid dienone is 4. The van der Waals surface area contributed by atoms with Crippen molar-refractivity contribution >= 4 is 0 Å². The highest BCUT2D eigenvalue weighted by atomic mass is 16.5. The largest absolute Gasteiger partial charge is 0.378 e. The first kappa shape index (κ1) is 20.2. The van der Waals surface area contributed by atoms with Crippen molar-refractivity contribution in [3.05, 3.63) is 24.3 Å². The predicted molar refractivity (Wildman–Crippen MR) is 105 cm³/mol. The number of hydrogen-bond donors (Lipinski definition) is 0. The van der Waals surface area contributed by atoms with Gasteiger partial charge in [-0.3, -0.25) is 0 Å². The summed E-state index contributed by atoms with van der Waals surface area (Å²) >= 11 is 0. The van der Waals surface area contributed by atoms with Crippen molar-refractivity contribution in [2.45, 2.75) is 90.1 Å². The summed E-state index contributed by atoms with van der Waals surface area (Å²) in [6.07, 6.45) is 24.1. The summed E-state index contributed by atoms with van der Waals surface area (Å²) in [5.74, 6) is 2.70. The Balaban J connectivity index is 1.52. The van der Waals surface area contributed by atoms with Gasteiger partial charge in [-0.1, -0.05) is 50.8 Å². The van der Waals surface area contributed by atoms with Crippen LogP contribution >= 0.6 is 0 Å². The Hall–Kier alpha value is -1.07. The Morgan fingerprint density at radius 1 is 0.880 bits per heavy atom. The van der Waals surface area contributed by atoms with Gasteiger partial charge in [-0.05, 0) is 69.1 Å². The normalized spacial score (nSPS) is 30.7. The third kappa shape index (κ3) is 8.23. The predicted octanol–water partition coefficient (Wildman–Crippen LogP) is 6.58. The SMILES string of the molecule is CCCC1CCC(COC2CCC(CCC=CC=CC#N)CC2)CC1. The van der Waals surface area contributed by atoms with Crippen LogP contribution in [0.25, 0.3) is 0 Å².